The summed E-state index contributed by atoms with van der Waals surface area (Å²) in [6.45, 7) is 0.398. The molecular weight excluding hydrogens is 246 g/mol. The standard InChI is InChI=1S/C11H14ClNO2S/c1-16(14,15)11-9(6-13)10(11)7-3-2-4-8(12)5-7/h2-5,9-11H,6,13H2,1H3/t9-,10+,11+/m0/s1. The molecule has 16 heavy (non-hydrogen) atoms. The zero-order valence-electron chi connectivity index (χ0n) is 8.93. The number of sulfone groups is 1. The molecule has 0 radical (unpaired) electrons. The van der Waals surface area contributed by atoms with Gasteiger partial charge in [0.05, 0.1) is 5.25 Å². The molecule has 0 aliphatic heterocycles. The molecule has 3 nitrogen and oxygen atoms in total. The van der Waals surface area contributed by atoms with Crippen LogP contribution in [0.2, 0.25) is 5.02 Å². The van der Waals surface area contributed by atoms with Crippen LogP contribution in [0.4, 0.5) is 0 Å². The molecule has 0 aromatic heterocycles. The molecule has 1 fully saturated rings. The van der Waals surface area contributed by atoms with Crippen LogP contribution >= 0.6 is 11.6 Å². The van der Waals surface area contributed by atoms with Gasteiger partial charge in [-0.05, 0) is 30.2 Å². The third-order valence-electron chi connectivity index (χ3n) is 3.10. The Hall–Kier alpha value is -0.580. The van der Waals surface area contributed by atoms with E-state index in [0.717, 1.165) is 5.56 Å². The fraction of sp³-hybridized carbons (Fsp3) is 0.455. The van der Waals surface area contributed by atoms with Crippen molar-refractivity contribution in [2.45, 2.75) is 11.2 Å². The van der Waals surface area contributed by atoms with Gasteiger partial charge < -0.3 is 5.73 Å². The number of hydrogen-bond acceptors (Lipinski definition) is 3. The van der Waals surface area contributed by atoms with Crippen LogP contribution in [0.3, 0.4) is 0 Å². The molecule has 88 valence electrons. The molecule has 1 saturated carbocycles. The van der Waals surface area contributed by atoms with Crippen LogP contribution in [-0.4, -0.2) is 26.5 Å². The molecule has 2 N–H and O–H groups in total. The van der Waals surface area contributed by atoms with Gasteiger partial charge in [-0.15, -0.1) is 0 Å². The van der Waals surface area contributed by atoms with Crippen LogP contribution in [0.5, 0.6) is 0 Å². The van der Waals surface area contributed by atoms with Gasteiger partial charge in [-0.25, -0.2) is 8.42 Å². The van der Waals surface area contributed by atoms with Crippen molar-refractivity contribution in [3.8, 4) is 0 Å². The molecule has 0 unspecified atom stereocenters. The van der Waals surface area contributed by atoms with E-state index >= 15 is 0 Å². The molecule has 0 heterocycles. The number of halogens is 1. The quantitative estimate of drug-likeness (QED) is 0.893. The Morgan fingerprint density at radius 3 is 2.56 bits per heavy atom. The van der Waals surface area contributed by atoms with Gasteiger partial charge in [0.15, 0.2) is 9.84 Å². The van der Waals surface area contributed by atoms with Gasteiger partial charge in [0.2, 0.25) is 0 Å². The molecule has 0 spiro atoms. The third-order valence-corrected chi connectivity index (χ3v) is 4.96. The van der Waals surface area contributed by atoms with Crippen molar-refractivity contribution in [1.82, 2.24) is 0 Å². The highest BCUT2D eigenvalue weighted by molar-refractivity contribution is 7.91. The van der Waals surface area contributed by atoms with E-state index in [0.29, 0.717) is 11.6 Å². The second-order valence-corrected chi connectivity index (χ2v) is 6.91. The van der Waals surface area contributed by atoms with Gasteiger partial charge in [0.25, 0.3) is 0 Å². The molecule has 1 aliphatic rings. The summed E-state index contributed by atoms with van der Waals surface area (Å²) in [7, 11) is -3.02. The van der Waals surface area contributed by atoms with E-state index in [4.69, 9.17) is 17.3 Å². The highest BCUT2D eigenvalue weighted by Crippen LogP contribution is 2.51. The SMILES string of the molecule is CS(=O)(=O)[C@@H]1[C@@H](CN)[C@H]1c1cccc(Cl)c1. The zero-order valence-corrected chi connectivity index (χ0v) is 10.5. The first-order valence-corrected chi connectivity index (χ1v) is 7.43. The average Bonchev–Trinajstić information content (AvgIpc) is 2.91. The predicted octanol–water partition coefficient (Wildman–Crippen LogP) is 1.43. The molecule has 3 atom stereocenters. The van der Waals surface area contributed by atoms with Crippen LogP contribution in [0, 0.1) is 5.92 Å². The highest BCUT2D eigenvalue weighted by Gasteiger charge is 2.55. The summed E-state index contributed by atoms with van der Waals surface area (Å²) in [6.07, 6.45) is 1.27. The van der Waals surface area contributed by atoms with E-state index in [2.05, 4.69) is 0 Å². The van der Waals surface area contributed by atoms with Gasteiger partial charge in [-0.3, -0.25) is 0 Å². The number of hydrogen-bond donors (Lipinski definition) is 1. The summed E-state index contributed by atoms with van der Waals surface area (Å²) in [5.74, 6) is 0.0483. The largest absolute Gasteiger partial charge is 0.330 e. The van der Waals surface area contributed by atoms with Crippen molar-refractivity contribution in [2.24, 2.45) is 11.7 Å². The van der Waals surface area contributed by atoms with Crippen molar-refractivity contribution < 1.29 is 8.42 Å². The average molecular weight is 260 g/mol. The first-order chi connectivity index (χ1) is 7.45. The van der Waals surface area contributed by atoms with Crippen molar-refractivity contribution in [1.29, 1.82) is 0 Å². The normalized spacial score (nSPS) is 29.1. The fourth-order valence-electron chi connectivity index (χ4n) is 2.36. The van der Waals surface area contributed by atoms with Gasteiger partial charge in [0, 0.05) is 17.2 Å². The Balaban J connectivity index is 2.30. The second-order valence-electron chi connectivity index (χ2n) is 4.27. The first kappa shape index (κ1) is 11.9. The Bertz CT molecular complexity index is 500. The maximum atomic E-state index is 11.5. The van der Waals surface area contributed by atoms with Gasteiger partial charge >= 0.3 is 0 Å². The summed E-state index contributed by atoms with van der Waals surface area (Å²) < 4.78 is 23.1. The van der Waals surface area contributed by atoms with E-state index < -0.39 is 9.84 Å². The summed E-state index contributed by atoms with van der Waals surface area (Å²) in [5.41, 5.74) is 6.56. The second kappa shape index (κ2) is 4.02. The van der Waals surface area contributed by atoms with Crippen LogP contribution < -0.4 is 5.73 Å². The Kier molecular flexibility index (Phi) is 2.99. The smallest absolute Gasteiger partial charge is 0.151 e. The van der Waals surface area contributed by atoms with Gasteiger partial charge in [-0.2, -0.15) is 0 Å². The van der Waals surface area contributed by atoms with Crippen LogP contribution in [0.25, 0.3) is 0 Å². The van der Waals surface area contributed by atoms with E-state index in [-0.39, 0.29) is 17.1 Å². The zero-order chi connectivity index (χ0) is 11.9. The molecule has 0 saturated heterocycles. The minimum Gasteiger partial charge on any atom is -0.330 e. The minimum absolute atomic E-state index is 0.0127. The maximum Gasteiger partial charge on any atom is 0.151 e. The maximum absolute atomic E-state index is 11.5. The third kappa shape index (κ3) is 2.10. The lowest BCUT2D eigenvalue weighted by molar-refractivity contribution is 0.597. The topological polar surface area (TPSA) is 60.2 Å². The molecular formula is C11H14ClNO2S. The van der Waals surface area contributed by atoms with E-state index in [1.54, 1.807) is 6.07 Å². The van der Waals surface area contributed by atoms with Crippen LogP contribution in [0.1, 0.15) is 11.5 Å². The summed E-state index contributed by atoms with van der Waals surface area (Å²) in [6, 6.07) is 7.34. The fourth-order valence-corrected chi connectivity index (χ4v) is 4.27. The Labute approximate surface area is 101 Å². The van der Waals surface area contributed by atoms with Crippen molar-refractivity contribution in [3.05, 3.63) is 34.9 Å². The molecule has 1 aromatic rings. The van der Waals surface area contributed by atoms with E-state index in [1.165, 1.54) is 6.26 Å². The summed E-state index contributed by atoms with van der Waals surface area (Å²) in [4.78, 5) is 0. The minimum atomic E-state index is -3.02. The Morgan fingerprint density at radius 2 is 2.12 bits per heavy atom. The molecule has 0 bridgehead atoms. The van der Waals surface area contributed by atoms with Crippen molar-refractivity contribution >= 4 is 21.4 Å². The van der Waals surface area contributed by atoms with Crippen LogP contribution in [0.15, 0.2) is 24.3 Å². The predicted molar refractivity (Wildman–Crippen MR) is 65.4 cm³/mol. The number of benzene rings is 1. The van der Waals surface area contributed by atoms with E-state index in [1.807, 2.05) is 18.2 Å². The molecule has 1 aliphatic carbocycles. The summed E-state index contributed by atoms with van der Waals surface area (Å²) in [5, 5.41) is 0.295. The number of nitrogens with two attached hydrogens (primary N) is 1. The number of rotatable bonds is 3. The van der Waals surface area contributed by atoms with Crippen molar-refractivity contribution in [3.63, 3.8) is 0 Å². The van der Waals surface area contributed by atoms with Crippen molar-refractivity contribution in [2.75, 3.05) is 12.8 Å². The lowest BCUT2D eigenvalue weighted by atomic mass is 10.1. The molecule has 5 heteroatoms. The summed E-state index contributed by atoms with van der Waals surface area (Å²) >= 11 is 5.89. The molecule has 2 rings (SSSR count). The lowest BCUT2D eigenvalue weighted by Crippen LogP contribution is -2.11. The van der Waals surface area contributed by atoms with E-state index in [9.17, 15) is 8.42 Å². The van der Waals surface area contributed by atoms with Gasteiger partial charge in [0.1, 0.15) is 0 Å². The first-order valence-electron chi connectivity index (χ1n) is 5.09. The van der Waals surface area contributed by atoms with Gasteiger partial charge in [-0.1, -0.05) is 23.7 Å². The monoisotopic (exact) mass is 259 g/mol. The molecule has 0 amide bonds. The molecule has 1 aromatic carbocycles. The van der Waals surface area contributed by atoms with Crippen LogP contribution in [-0.2, 0) is 9.84 Å². The Morgan fingerprint density at radius 1 is 1.44 bits per heavy atom. The highest BCUT2D eigenvalue weighted by atomic mass is 35.5. The lowest BCUT2D eigenvalue weighted by Gasteiger charge is -1.99.